The van der Waals surface area contributed by atoms with Gasteiger partial charge in [-0.25, -0.2) is 9.50 Å². The molecule has 0 fully saturated rings. The Bertz CT molecular complexity index is 1360. The molecule has 3 heterocycles. The molecule has 0 aliphatic carbocycles. The first-order valence-electron chi connectivity index (χ1n) is 11.0. The van der Waals surface area contributed by atoms with Gasteiger partial charge in [0.1, 0.15) is 0 Å². The fourth-order valence-electron chi connectivity index (χ4n) is 4.05. The summed E-state index contributed by atoms with van der Waals surface area (Å²) in [5.74, 6) is 0.955. The summed E-state index contributed by atoms with van der Waals surface area (Å²) in [6, 6.07) is 17.0. The highest BCUT2D eigenvalue weighted by Gasteiger charge is 2.16. The number of benzene rings is 2. The van der Waals surface area contributed by atoms with Gasteiger partial charge < -0.3 is 19.7 Å². The molecule has 2 aromatic carbocycles. The van der Waals surface area contributed by atoms with Crippen LogP contribution < -0.4 is 19.7 Å². The predicted molar refractivity (Wildman–Crippen MR) is 132 cm³/mol. The molecule has 1 aliphatic rings. The van der Waals surface area contributed by atoms with E-state index in [0.29, 0.717) is 22.8 Å². The van der Waals surface area contributed by atoms with Crippen molar-refractivity contribution in [2.45, 2.75) is 6.42 Å². The molecule has 0 saturated heterocycles. The minimum atomic E-state index is -0.294. The fraction of sp³-hybridized carbons (Fsp3) is 0.192. The van der Waals surface area contributed by atoms with E-state index in [1.54, 1.807) is 31.0 Å². The maximum atomic E-state index is 12.9. The van der Waals surface area contributed by atoms with Gasteiger partial charge in [-0.2, -0.15) is 5.10 Å². The van der Waals surface area contributed by atoms with Gasteiger partial charge in [-0.3, -0.25) is 4.79 Å². The SMILES string of the molecule is COc1ccc(-c2ccnc3cc(C(=O)Nc4ccc(N5CC=CCC5)cc4)nn23)cc1OC. The van der Waals surface area contributed by atoms with E-state index in [-0.39, 0.29) is 11.6 Å². The normalized spacial score (nSPS) is 13.2. The van der Waals surface area contributed by atoms with Crippen LogP contribution >= 0.6 is 0 Å². The zero-order valence-corrected chi connectivity index (χ0v) is 19.1. The van der Waals surface area contributed by atoms with Crippen molar-refractivity contribution in [3.8, 4) is 22.8 Å². The van der Waals surface area contributed by atoms with Crippen molar-refractivity contribution in [2.24, 2.45) is 0 Å². The van der Waals surface area contributed by atoms with E-state index < -0.39 is 0 Å². The molecule has 0 radical (unpaired) electrons. The van der Waals surface area contributed by atoms with Gasteiger partial charge in [0.2, 0.25) is 0 Å². The first-order valence-corrected chi connectivity index (χ1v) is 11.0. The Morgan fingerprint density at radius 1 is 0.971 bits per heavy atom. The van der Waals surface area contributed by atoms with Crippen LogP contribution in [0.3, 0.4) is 0 Å². The van der Waals surface area contributed by atoms with Gasteiger partial charge in [0.15, 0.2) is 22.8 Å². The standard InChI is InChI=1S/C26H25N5O3/c1-33-23-11-6-18(16-24(23)34-2)22-12-13-27-25-17-21(29-31(22)25)26(32)28-19-7-9-20(10-8-19)30-14-4-3-5-15-30/h3-4,6-13,16-17H,5,14-15H2,1-2H3,(H,28,32). The predicted octanol–water partition coefficient (Wildman–Crippen LogP) is 4.43. The number of aromatic nitrogens is 3. The van der Waals surface area contributed by atoms with E-state index in [4.69, 9.17) is 9.47 Å². The van der Waals surface area contributed by atoms with Crippen LogP contribution in [0.4, 0.5) is 11.4 Å². The molecular weight excluding hydrogens is 430 g/mol. The molecular formula is C26H25N5O3. The highest BCUT2D eigenvalue weighted by atomic mass is 16.5. The number of carbonyl (C=O) groups is 1. The van der Waals surface area contributed by atoms with Crippen molar-refractivity contribution >= 4 is 22.9 Å². The Balaban J connectivity index is 1.38. The lowest BCUT2D eigenvalue weighted by Crippen LogP contribution is -2.26. The largest absolute Gasteiger partial charge is 0.493 e. The second-order valence-electron chi connectivity index (χ2n) is 7.91. The van der Waals surface area contributed by atoms with Crippen molar-refractivity contribution in [3.05, 3.63) is 78.6 Å². The molecule has 1 aliphatic heterocycles. The number of amides is 1. The molecule has 2 aromatic heterocycles. The summed E-state index contributed by atoms with van der Waals surface area (Å²) in [5.41, 5.74) is 4.36. The molecule has 0 saturated carbocycles. The van der Waals surface area contributed by atoms with Crippen LogP contribution in [0, 0.1) is 0 Å². The number of nitrogens with zero attached hydrogens (tertiary/aromatic N) is 4. The summed E-state index contributed by atoms with van der Waals surface area (Å²) in [6.45, 7) is 1.90. The molecule has 0 unspecified atom stereocenters. The molecule has 34 heavy (non-hydrogen) atoms. The van der Waals surface area contributed by atoms with E-state index in [1.165, 1.54) is 0 Å². The van der Waals surface area contributed by atoms with Crippen molar-refractivity contribution < 1.29 is 14.3 Å². The van der Waals surface area contributed by atoms with Crippen molar-refractivity contribution in [1.82, 2.24) is 14.6 Å². The summed E-state index contributed by atoms with van der Waals surface area (Å²) in [7, 11) is 3.19. The van der Waals surface area contributed by atoms with Gasteiger partial charge >= 0.3 is 0 Å². The number of fused-ring (bicyclic) bond motifs is 1. The number of ether oxygens (including phenoxy) is 2. The Morgan fingerprint density at radius 3 is 2.53 bits per heavy atom. The number of rotatable bonds is 6. The van der Waals surface area contributed by atoms with Crippen LogP contribution in [-0.2, 0) is 0 Å². The van der Waals surface area contributed by atoms with Crippen molar-refractivity contribution in [3.63, 3.8) is 0 Å². The Kier molecular flexibility index (Phi) is 5.86. The monoisotopic (exact) mass is 455 g/mol. The lowest BCUT2D eigenvalue weighted by molar-refractivity contribution is 0.102. The van der Waals surface area contributed by atoms with Crippen LogP contribution in [0.25, 0.3) is 16.9 Å². The average molecular weight is 456 g/mol. The molecule has 0 bridgehead atoms. The van der Waals surface area contributed by atoms with Crippen LogP contribution in [0.5, 0.6) is 11.5 Å². The van der Waals surface area contributed by atoms with Gasteiger partial charge in [0.25, 0.3) is 5.91 Å². The minimum Gasteiger partial charge on any atom is -0.493 e. The topological polar surface area (TPSA) is 81.0 Å². The van der Waals surface area contributed by atoms with Crippen LogP contribution in [0.15, 0.2) is 72.9 Å². The summed E-state index contributed by atoms with van der Waals surface area (Å²) < 4.78 is 12.4. The summed E-state index contributed by atoms with van der Waals surface area (Å²) in [4.78, 5) is 19.6. The van der Waals surface area contributed by atoms with Gasteiger partial charge in [-0.15, -0.1) is 0 Å². The van der Waals surface area contributed by atoms with Crippen LogP contribution in [0.1, 0.15) is 16.9 Å². The third-order valence-electron chi connectivity index (χ3n) is 5.82. The Morgan fingerprint density at radius 2 is 1.79 bits per heavy atom. The number of nitrogens with one attached hydrogen (secondary N) is 1. The van der Waals surface area contributed by atoms with Crippen molar-refractivity contribution in [1.29, 1.82) is 0 Å². The first kappa shape index (κ1) is 21.5. The lowest BCUT2D eigenvalue weighted by Gasteiger charge is -2.25. The number of hydrogen-bond acceptors (Lipinski definition) is 6. The first-order chi connectivity index (χ1) is 16.7. The van der Waals surface area contributed by atoms with Crippen LogP contribution in [-0.4, -0.2) is 47.8 Å². The lowest BCUT2D eigenvalue weighted by atomic mass is 10.1. The highest BCUT2D eigenvalue weighted by molar-refractivity contribution is 6.03. The summed E-state index contributed by atoms with van der Waals surface area (Å²) in [5, 5.41) is 7.46. The fourth-order valence-corrected chi connectivity index (χ4v) is 4.05. The van der Waals surface area contributed by atoms with Crippen molar-refractivity contribution in [2.75, 3.05) is 37.5 Å². The average Bonchev–Trinajstić information content (AvgIpc) is 3.34. The van der Waals surface area contributed by atoms with E-state index >= 15 is 0 Å². The van der Waals surface area contributed by atoms with Gasteiger partial charge in [-0.05, 0) is 55.0 Å². The second kappa shape index (κ2) is 9.27. The number of methoxy groups -OCH3 is 2. The zero-order chi connectivity index (χ0) is 23.5. The van der Waals surface area contributed by atoms with E-state index in [9.17, 15) is 4.79 Å². The van der Waals surface area contributed by atoms with Gasteiger partial charge in [-0.1, -0.05) is 12.2 Å². The zero-order valence-electron chi connectivity index (χ0n) is 19.1. The molecule has 4 aromatic rings. The Labute approximate surface area is 197 Å². The van der Waals surface area contributed by atoms with Gasteiger partial charge in [0, 0.05) is 42.3 Å². The van der Waals surface area contributed by atoms with E-state index in [1.807, 2.05) is 48.5 Å². The number of anilines is 2. The highest BCUT2D eigenvalue weighted by Crippen LogP contribution is 2.32. The molecule has 8 nitrogen and oxygen atoms in total. The third-order valence-corrected chi connectivity index (χ3v) is 5.82. The maximum absolute atomic E-state index is 12.9. The molecule has 0 atom stereocenters. The summed E-state index contributed by atoms with van der Waals surface area (Å²) in [6.07, 6.45) is 7.11. The number of hydrogen-bond donors (Lipinski definition) is 1. The molecule has 8 heteroatoms. The molecule has 1 amide bonds. The Hall–Kier alpha value is -4.33. The minimum absolute atomic E-state index is 0.283. The second-order valence-corrected chi connectivity index (χ2v) is 7.91. The third kappa shape index (κ3) is 4.17. The van der Waals surface area contributed by atoms with Crippen LogP contribution in [0.2, 0.25) is 0 Å². The molecule has 5 rings (SSSR count). The van der Waals surface area contributed by atoms with E-state index in [0.717, 1.165) is 36.5 Å². The van der Waals surface area contributed by atoms with Gasteiger partial charge in [0.05, 0.1) is 19.9 Å². The number of carbonyl (C=O) groups excluding carboxylic acids is 1. The quantitative estimate of drug-likeness (QED) is 0.433. The molecule has 172 valence electrons. The van der Waals surface area contributed by atoms with E-state index in [2.05, 4.69) is 32.5 Å². The maximum Gasteiger partial charge on any atom is 0.276 e. The molecule has 0 spiro atoms. The molecule has 1 N–H and O–H groups in total. The summed E-state index contributed by atoms with van der Waals surface area (Å²) >= 11 is 0. The smallest absolute Gasteiger partial charge is 0.276 e.